The summed E-state index contributed by atoms with van der Waals surface area (Å²) in [5.41, 5.74) is 0.869. The van der Waals surface area contributed by atoms with Gasteiger partial charge in [0.2, 0.25) is 10.0 Å². The Morgan fingerprint density at radius 1 is 1.53 bits per heavy atom. The molecule has 2 heterocycles. The molecule has 0 saturated carbocycles. The van der Waals surface area contributed by atoms with Crippen LogP contribution >= 0.6 is 27.3 Å². The first-order chi connectivity index (χ1) is 8.88. The summed E-state index contributed by atoms with van der Waals surface area (Å²) >= 11 is 4.71. The van der Waals surface area contributed by atoms with Gasteiger partial charge in [-0.2, -0.15) is 5.10 Å². The van der Waals surface area contributed by atoms with Crippen LogP contribution in [0.1, 0.15) is 10.6 Å². The Morgan fingerprint density at radius 2 is 2.26 bits per heavy atom. The summed E-state index contributed by atoms with van der Waals surface area (Å²) in [4.78, 5) is 1.11. The van der Waals surface area contributed by atoms with Crippen molar-refractivity contribution >= 4 is 37.3 Å². The van der Waals surface area contributed by atoms with Gasteiger partial charge in [-0.05, 0) is 35.0 Å². The number of halogens is 1. The Kier molecular flexibility index (Phi) is 4.44. The fourth-order valence-corrected chi connectivity index (χ4v) is 5.13. The van der Waals surface area contributed by atoms with Gasteiger partial charge in [-0.25, -0.2) is 13.1 Å². The number of sulfonamides is 1. The topological polar surface area (TPSA) is 64.0 Å². The van der Waals surface area contributed by atoms with Crippen LogP contribution in [0.3, 0.4) is 0 Å². The molecule has 0 aliphatic heterocycles. The van der Waals surface area contributed by atoms with Crippen LogP contribution in [0.4, 0.5) is 0 Å². The van der Waals surface area contributed by atoms with Crippen LogP contribution in [0.15, 0.2) is 27.0 Å². The third-order valence-corrected chi connectivity index (χ3v) is 5.84. The Balaban J connectivity index is 2.00. The van der Waals surface area contributed by atoms with Gasteiger partial charge >= 0.3 is 0 Å². The fraction of sp³-hybridized carbons (Fsp3) is 0.364. The van der Waals surface area contributed by atoms with Crippen LogP contribution in [-0.4, -0.2) is 24.7 Å². The van der Waals surface area contributed by atoms with E-state index in [0.717, 1.165) is 14.4 Å². The Morgan fingerprint density at radius 3 is 2.79 bits per heavy atom. The molecule has 0 amide bonds. The predicted molar refractivity (Wildman–Crippen MR) is 78.9 cm³/mol. The summed E-state index contributed by atoms with van der Waals surface area (Å²) in [7, 11) is -1.60. The minimum Gasteiger partial charge on any atom is -0.276 e. The number of hydrogen-bond donors (Lipinski definition) is 1. The smallest absolute Gasteiger partial charge is 0.241 e. The van der Waals surface area contributed by atoms with Crippen molar-refractivity contribution in [3.8, 4) is 0 Å². The highest BCUT2D eigenvalue weighted by Crippen LogP contribution is 2.29. The van der Waals surface area contributed by atoms with Gasteiger partial charge in [0.25, 0.3) is 0 Å². The van der Waals surface area contributed by atoms with Crippen LogP contribution in [0.5, 0.6) is 0 Å². The second-order valence-electron chi connectivity index (χ2n) is 4.10. The van der Waals surface area contributed by atoms with E-state index in [4.69, 9.17) is 0 Å². The number of aromatic nitrogens is 2. The van der Waals surface area contributed by atoms with E-state index in [1.807, 2.05) is 19.3 Å². The van der Waals surface area contributed by atoms with Crippen molar-refractivity contribution in [2.45, 2.75) is 18.2 Å². The summed E-state index contributed by atoms with van der Waals surface area (Å²) in [6, 6.07) is 3.50. The molecular weight excluding hydrogens is 350 g/mol. The average molecular weight is 364 g/mol. The lowest BCUT2D eigenvalue weighted by Crippen LogP contribution is -2.26. The molecule has 0 aromatic carbocycles. The molecule has 0 unspecified atom stereocenters. The number of thiophene rings is 1. The summed E-state index contributed by atoms with van der Waals surface area (Å²) < 4.78 is 29.3. The molecule has 5 nitrogen and oxygen atoms in total. The van der Waals surface area contributed by atoms with E-state index < -0.39 is 10.0 Å². The van der Waals surface area contributed by atoms with Crippen molar-refractivity contribution in [1.29, 1.82) is 0 Å². The fourth-order valence-electron chi connectivity index (χ4n) is 1.69. The lowest BCUT2D eigenvalue weighted by molar-refractivity contribution is 0.581. The van der Waals surface area contributed by atoms with Crippen LogP contribution < -0.4 is 4.72 Å². The molecule has 0 radical (unpaired) electrons. The summed E-state index contributed by atoms with van der Waals surface area (Å²) in [5, 5.41) is 4.20. The molecule has 0 saturated heterocycles. The van der Waals surface area contributed by atoms with Crippen molar-refractivity contribution in [3.63, 3.8) is 0 Å². The van der Waals surface area contributed by atoms with Crippen LogP contribution in [-0.2, 0) is 23.5 Å². The van der Waals surface area contributed by atoms with Crippen molar-refractivity contribution in [2.75, 3.05) is 6.54 Å². The largest absolute Gasteiger partial charge is 0.276 e. The minimum atomic E-state index is -3.44. The Hall–Kier alpha value is -0.700. The third-order valence-electron chi connectivity index (χ3n) is 2.57. The first kappa shape index (κ1) is 14.7. The van der Waals surface area contributed by atoms with Gasteiger partial charge in [0.1, 0.15) is 0 Å². The molecule has 0 aliphatic carbocycles. The van der Waals surface area contributed by atoms with Crippen molar-refractivity contribution in [1.82, 2.24) is 14.5 Å². The predicted octanol–water partition coefficient (Wildman–Crippen LogP) is 2.07. The van der Waals surface area contributed by atoms with Gasteiger partial charge in [0.15, 0.2) is 0 Å². The number of nitrogens with one attached hydrogen (secondary N) is 1. The van der Waals surface area contributed by atoms with E-state index in [0.29, 0.717) is 17.9 Å². The average Bonchev–Trinajstić information content (AvgIpc) is 2.85. The quantitative estimate of drug-likeness (QED) is 0.884. The maximum Gasteiger partial charge on any atom is 0.241 e. The van der Waals surface area contributed by atoms with Gasteiger partial charge in [0.05, 0.1) is 14.4 Å². The summed E-state index contributed by atoms with van der Waals surface area (Å²) in [5.74, 6) is 0. The second-order valence-corrected chi connectivity index (χ2v) is 8.47. The highest BCUT2D eigenvalue weighted by Gasteiger charge is 2.18. The second kappa shape index (κ2) is 5.74. The molecule has 0 atom stereocenters. The standard InChI is InChI=1S/C11H14BrN3O2S2/c1-8-10(7-11(12)18-8)19(16,17)13-5-3-9-4-6-15(2)14-9/h4,6-7,13H,3,5H2,1-2H3. The highest BCUT2D eigenvalue weighted by atomic mass is 79.9. The van der Waals surface area contributed by atoms with E-state index in [9.17, 15) is 8.42 Å². The molecule has 19 heavy (non-hydrogen) atoms. The number of nitrogens with zero attached hydrogens (tertiary/aromatic N) is 2. The van der Waals surface area contributed by atoms with Gasteiger partial charge in [-0.1, -0.05) is 0 Å². The molecule has 8 heteroatoms. The molecule has 2 aromatic heterocycles. The lowest BCUT2D eigenvalue weighted by atomic mass is 10.3. The first-order valence-corrected chi connectivity index (χ1v) is 8.72. The SMILES string of the molecule is Cc1sc(Br)cc1S(=O)(=O)NCCc1ccn(C)n1. The zero-order valence-corrected chi connectivity index (χ0v) is 13.8. The number of hydrogen-bond acceptors (Lipinski definition) is 4. The lowest BCUT2D eigenvalue weighted by Gasteiger charge is -2.04. The van der Waals surface area contributed by atoms with Gasteiger partial charge in [0, 0.05) is 31.1 Å². The van der Waals surface area contributed by atoms with Crippen molar-refractivity contribution in [2.24, 2.45) is 7.05 Å². The summed E-state index contributed by atoms with van der Waals surface area (Å²) in [6.45, 7) is 2.13. The summed E-state index contributed by atoms with van der Waals surface area (Å²) in [6.07, 6.45) is 2.41. The van der Waals surface area contributed by atoms with Gasteiger partial charge in [-0.3, -0.25) is 4.68 Å². The molecule has 104 valence electrons. The normalized spacial score (nSPS) is 11.9. The molecule has 0 spiro atoms. The first-order valence-electron chi connectivity index (χ1n) is 5.62. The molecule has 0 fully saturated rings. The zero-order valence-electron chi connectivity index (χ0n) is 10.6. The maximum atomic E-state index is 12.1. The van der Waals surface area contributed by atoms with Crippen LogP contribution in [0.25, 0.3) is 0 Å². The third kappa shape index (κ3) is 3.65. The van der Waals surface area contributed by atoms with Crippen LogP contribution in [0, 0.1) is 6.92 Å². The molecule has 1 N–H and O–H groups in total. The number of aryl methyl sites for hydroxylation is 2. The highest BCUT2D eigenvalue weighted by molar-refractivity contribution is 9.11. The van der Waals surface area contributed by atoms with Gasteiger partial charge < -0.3 is 0 Å². The Labute approximate surface area is 124 Å². The van der Waals surface area contributed by atoms with E-state index >= 15 is 0 Å². The molecule has 0 bridgehead atoms. The molecular formula is C11H14BrN3O2S2. The molecule has 2 rings (SSSR count). The van der Waals surface area contributed by atoms with Crippen LogP contribution in [0.2, 0.25) is 0 Å². The van der Waals surface area contributed by atoms with E-state index in [-0.39, 0.29) is 0 Å². The Bertz CT molecular complexity index is 676. The van der Waals surface area contributed by atoms with Crippen molar-refractivity contribution < 1.29 is 8.42 Å². The molecule has 0 aliphatic rings. The van der Waals surface area contributed by atoms with Gasteiger partial charge in [-0.15, -0.1) is 11.3 Å². The van der Waals surface area contributed by atoms with E-state index in [2.05, 4.69) is 25.8 Å². The minimum absolute atomic E-state index is 0.338. The van der Waals surface area contributed by atoms with E-state index in [1.54, 1.807) is 17.7 Å². The molecule has 2 aromatic rings. The number of rotatable bonds is 5. The monoisotopic (exact) mass is 363 g/mol. The van der Waals surface area contributed by atoms with E-state index in [1.165, 1.54) is 11.3 Å². The maximum absolute atomic E-state index is 12.1. The van der Waals surface area contributed by atoms with Crippen molar-refractivity contribution in [3.05, 3.63) is 32.7 Å². The zero-order chi connectivity index (χ0) is 14.0.